The number of esters is 1. The molecular formula is C23H25NO6. The van der Waals surface area contributed by atoms with Gasteiger partial charge in [-0.3, -0.25) is 0 Å². The number of hydrogen-bond acceptors (Lipinski definition) is 5. The lowest BCUT2D eigenvalue weighted by Crippen LogP contribution is -2.37. The van der Waals surface area contributed by atoms with Crippen molar-refractivity contribution in [2.24, 2.45) is 0 Å². The molecule has 2 aromatic rings. The van der Waals surface area contributed by atoms with Crippen LogP contribution in [0.2, 0.25) is 0 Å². The Morgan fingerprint density at radius 1 is 1.07 bits per heavy atom. The van der Waals surface area contributed by atoms with Crippen molar-refractivity contribution in [3.05, 3.63) is 59.7 Å². The van der Waals surface area contributed by atoms with Gasteiger partial charge in [0, 0.05) is 13.1 Å². The van der Waals surface area contributed by atoms with Crippen molar-refractivity contribution in [1.29, 1.82) is 0 Å². The second-order valence-corrected chi connectivity index (χ2v) is 6.48. The van der Waals surface area contributed by atoms with E-state index in [1.807, 2.05) is 42.5 Å². The third-order valence-electron chi connectivity index (χ3n) is 4.59. The first-order valence-corrected chi connectivity index (χ1v) is 9.42. The van der Waals surface area contributed by atoms with E-state index in [2.05, 4.69) is 17.6 Å². The van der Waals surface area contributed by atoms with Crippen molar-refractivity contribution < 1.29 is 28.9 Å². The fourth-order valence-corrected chi connectivity index (χ4v) is 2.99. The van der Waals surface area contributed by atoms with Crippen LogP contribution in [-0.4, -0.2) is 55.0 Å². The third-order valence-corrected chi connectivity index (χ3v) is 4.59. The summed E-state index contributed by atoms with van der Waals surface area (Å²) in [6.45, 7) is 0.902. The summed E-state index contributed by atoms with van der Waals surface area (Å²) in [5, 5.41) is 9.46. The summed E-state index contributed by atoms with van der Waals surface area (Å²) in [5.41, 5.74) is 2.04. The zero-order valence-corrected chi connectivity index (χ0v) is 16.8. The molecule has 2 aromatic carbocycles. The minimum absolute atomic E-state index is 0.0848. The van der Waals surface area contributed by atoms with Gasteiger partial charge in [-0.15, -0.1) is 12.8 Å². The number of fused-ring (bicyclic) bond motifs is 1. The lowest BCUT2D eigenvalue weighted by molar-refractivity contribution is -0.151. The Balaban J connectivity index is 0.00000155. The van der Waals surface area contributed by atoms with Crippen LogP contribution in [0.1, 0.15) is 11.1 Å². The van der Waals surface area contributed by atoms with E-state index in [1.165, 1.54) is 12.0 Å². The van der Waals surface area contributed by atoms with Crippen LogP contribution in [0.3, 0.4) is 0 Å². The van der Waals surface area contributed by atoms with Gasteiger partial charge in [-0.05, 0) is 36.1 Å². The number of hydrogen-bond donors (Lipinski definition) is 1. The SMILES string of the molecule is C#C.COC(=O)C1COc2cc(CCN(CCc3ccccc3)C(=O)O)ccc2O1. The molecule has 0 spiro atoms. The van der Waals surface area contributed by atoms with Crippen LogP contribution in [-0.2, 0) is 22.4 Å². The standard InChI is InChI=1S/C21H23NO6.C2H2/c1-26-20(23)19-14-27-18-13-16(7-8-17(18)28-19)10-12-22(21(24)25)11-9-15-5-3-2-4-6-15;1-2/h2-8,13,19H,9-12,14H2,1H3,(H,24,25);1-2H. The smallest absolute Gasteiger partial charge is 0.407 e. The molecule has 158 valence electrons. The molecule has 3 rings (SSSR count). The molecule has 0 aromatic heterocycles. The molecule has 0 radical (unpaired) electrons. The summed E-state index contributed by atoms with van der Waals surface area (Å²) in [7, 11) is 1.30. The average Bonchev–Trinajstić information content (AvgIpc) is 2.79. The third kappa shape index (κ3) is 6.17. The first kappa shape index (κ1) is 22.6. The van der Waals surface area contributed by atoms with E-state index < -0.39 is 18.2 Å². The topological polar surface area (TPSA) is 85.3 Å². The van der Waals surface area contributed by atoms with Gasteiger partial charge in [0.1, 0.15) is 6.61 Å². The molecule has 1 aliphatic heterocycles. The number of terminal acetylenes is 1. The fourth-order valence-electron chi connectivity index (χ4n) is 2.99. The molecular weight excluding hydrogens is 386 g/mol. The van der Waals surface area contributed by atoms with E-state index in [0.29, 0.717) is 37.4 Å². The van der Waals surface area contributed by atoms with Crippen molar-refractivity contribution in [2.75, 3.05) is 26.8 Å². The fraction of sp³-hybridized carbons (Fsp3) is 0.304. The predicted octanol–water partition coefficient (Wildman–Crippen LogP) is 3.01. The number of carbonyl (C=O) groups is 2. The minimum atomic E-state index is -0.936. The second-order valence-electron chi connectivity index (χ2n) is 6.48. The van der Waals surface area contributed by atoms with Crippen LogP contribution < -0.4 is 9.47 Å². The number of carboxylic acid groups (broad SMARTS) is 1. The molecule has 1 N–H and O–H groups in total. The zero-order valence-electron chi connectivity index (χ0n) is 16.8. The summed E-state index contributed by atoms with van der Waals surface area (Å²) in [6, 6.07) is 15.2. The minimum Gasteiger partial charge on any atom is -0.485 e. The van der Waals surface area contributed by atoms with E-state index in [0.717, 1.165) is 11.1 Å². The first-order valence-electron chi connectivity index (χ1n) is 9.42. The highest BCUT2D eigenvalue weighted by Crippen LogP contribution is 2.33. The van der Waals surface area contributed by atoms with Crippen LogP contribution in [0.4, 0.5) is 4.79 Å². The van der Waals surface area contributed by atoms with Gasteiger partial charge >= 0.3 is 12.1 Å². The Labute approximate surface area is 176 Å². The van der Waals surface area contributed by atoms with Crippen molar-refractivity contribution in [3.63, 3.8) is 0 Å². The molecule has 0 saturated heterocycles. The Morgan fingerprint density at radius 2 is 1.73 bits per heavy atom. The number of methoxy groups -OCH3 is 1. The number of rotatable bonds is 7. The molecule has 0 saturated carbocycles. The van der Waals surface area contributed by atoms with Crippen molar-refractivity contribution >= 4 is 12.1 Å². The number of amides is 1. The molecule has 7 nitrogen and oxygen atoms in total. The lowest BCUT2D eigenvalue weighted by Gasteiger charge is -2.25. The van der Waals surface area contributed by atoms with E-state index >= 15 is 0 Å². The molecule has 0 bridgehead atoms. The largest absolute Gasteiger partial charge is 0.485 e. The predicted molar refractivity (Wildman–Crippen MR) is 112 cm³/mol. The van der Waals surface area contributed by atoms with Gasteiger partial charge in [0.15, 0.2) is 11.5 Å². The van der Waals surface area contributed by atoms with Crippen molar-refractivity contribution in [2.45, 2.75) is 18.9 Å². The first-order chi connectivity index (χ1) is 14.6. The molecule has 0 fully saturated rings. The monoisotopic (exact) mass is 411 g/mol. The summed E-state index contributed by atoms with van der Waals surface area (Å²) in [5.74, 6) is 0.540. The number of benzene rings is 2. The maximum atomic E-state index is 11.6. The van der Waals surface area contributed by atoms with Crippen LogP contribution in [0.5, 0.6) is 11.5 Å². The quantitative estimate of drug-likeness (QED) is 0.557. The van der Waals surface area contributed by atoms with E-state index in [-0.39, 0.29) is 6.61 Å². The number of carbonyl (C=O) groups excluding carboxylic acids is 1. The molecule has 1 unspecified atom stereocenters. The van der Waals surface area contributed by atoms with Gasteiger partial charge in [-0.25, -0.2) is 9.59 Å². The van der Waals surface area contributed by atoms with Gasteiger partial charge in [-0.2, -0.15) is 0 Å². The van der Waals surface area contributed by atoms with Crippen LogP contribution in [0, 0.1) is 12.8 Å². The second kappa shape index (κ2) is 11.4. The van der Waals surface area contributed by atoms with Crippen LogP contribution in [0.25, 0.3) is 0 Å². The van der Waals surface area contributed by atoms with Crippen molar-refractivity contribution in [1.82, 2.24) is 4.90 Å². The van der Waals surface area contributed by atoms with E-state index in [9.17, 15) is 14.7 Å². The van der Waals surface area contributed by atoms with Crippen LogP contribution >= 0.6 is 0 Å². The van der Waals surface area contributed by atoms with Gasteiger partial charge < -0.3 is 24.2 Å². The summed E-state index contributed by atoms with van der Waals surface area (Å²) in [6.07, 6.45) is 7.51. The normalized spacial score (nSPS) is 14.0. The van der Waals surface area contributed by atoms with Crippen molar-refractivity contribution in [3.8, 4) is 24.3 Å². The summed E-state index contributed by atoms with van der Waals surface area (Å²) in [4.78, 5) is 24.5. The highest BCUT2D eigenvalue weighted by molar-refractivity contribution is 5.75. The Hall–Kier alpha value is -3.66. The summed E-state index contributed by atoms with van der Waals surface area (Å²) >= 11 is 0. The molecule has 1 aliphatic rings. The Kier molecular flexibility index (Phi) is 8.57. The lowest BCUT2D eigenvalue weighted by atomic mass is 10.1. The average molecular weight is 411 g/mol. The molecule has 30 heavy (non-hydrogen) atoms. The molecule has 7 heteroatoms. The van der Waals surface area contributed by atoms with Crippen LogP contribution in [0.15, 0.2) is 48.5 Å². The Bertz CT molecular complexity index is 864. The zero-order chi connectivity index (χ0) is 21.9. The maximum absolute atomic E-state index is 11.6. The number of ether oxygens (including phenoxy) is 3. The van der Waals surface area contributed by atoms with E-state index in [1.54, 1.807) is 6.07 Å². The molecule has 1 atom stereocenters. The van der Waals surface area contributed by atoms with Gasteiger partial charge in [0.2, 0.25) is 6.10 Å². The highest BCUT2D eigenvalue weighted by atomic mass is 16.6. The molecule has 0 aliphatic carbocycles. The van der Waals surface area contributed by atoms with Gasteiger partial charge in [0.25, 0.3) is 0 Å². The number of nitrogens with zero attached hydrogens (tertiary/aromatic N) is 1. The van der Waals surface area contributed by atoms with Gasteiger partial charge in [-0.1, -0.05) is 36.4 Å². The van der Waals surface area contributed by atoms with Gasteiger partial charge in [0.05, 0.1) is 7.11 Å². The van der Waals surface area contributed by atoms with E-state index in [4.69, 9.17) is 9.47 Å². The highest BCUT2D eigenvalue weighted by Gasteiger charge is 2.28. The molecule has 1 heterocycles. The maximum Gasteiger partial charge on any atom is 0.407 e. The summed E-state index contributed by atoms with van der Waals surface area (Å²) < 4.78 is 15.9. The Morgan fingerprint density at radius 3 is 2.37 bits per heavy atom. The molecule has 1 amide bonds.